The Balaban J connectivity index is 1.65. The highest BCUT2D eigenvalue weighted by molar-refractivity contribution is 6.30. The molecule has 7 nitrogen and oxygen atoms in total. The molecule has 0 saturated heterocycles. The molecular formula is C17H18ClN5O2. The summed E-state index contributed by atoms with van der Waals surface area (Å²) in [4.78, 5) is 14.4. The Morgan fingerprint density at radius 1 is 1.32 bits per heavy atom. The molecule has 0 aliphatic rings. The van der Waals surface area contributed by atoms with Crippen molar-refractivity contribution in [1.29, 1.82) is 0 Å². The molecular weight excluding hydrogens is 342 g/mol. The van der Waals surface area contributed by atoms with Crippen molar-refractivity contribution < 1.29 is 9.32 Å². The minimum Gasteiger partial charge on any atom is -0.355 e. The molecule has 1 aromatic carbocycles. The summed E-state index contributed by atoms with van der Waals surface area (Å²) in [6.45, 7) is 1.61. The van der Waals surface area contributed by atoms with Crippen LogP contribution >= 0.6 is 11.6 Å². The van der Waals surface area contributed by atoms with Gasteiger partial charge in [-0.05, 0) is 38.4 Å². The molecule has 8 heteroatoms. The van der Waals surface area contributed by atoms with E-state index in [1.165, 1.54) is 0 Å². The molecule has 0 bridgehead atoms. The zero-order valence-corrected chi connectivity index (χ0v) is 14.7. The van der Waals surface area contributed by atoms with Gasteiger partial charge in [0.05, 0.1) is 18.4 Å². The number of hydrogen-bond donors (Lipinski definition) is 1. The van der Waals surface area contributed by atoms with Crippen molar-refractivity contribution in [3.8, 4) is 11.3 Å². The van der Waals surface area contributed by atoms with Crippen LogP contribution in [-0.2, 0) is 6.54 Å². The Hall–Kier alpha value is -2.64. The average molecular weight is 360 g/mol. The standard InChI is InChI=1S/C17H18ClN5O2/c1-22(2)7-8-23-11-14(10-19-23)20-17(24)15-9-16(25-21-15)12-3-5-13(18)6-4-12/h3-6,9-11H,7-8H2,1-2H3,(H,20,24). The molecule has 3 rings (SSSR count). The molecule has 2 aromatic heterocycles. The van der Waals surface area contributed by atoms with Crippen molar-refractivity contribution in [2.75, 3.05) is 26.0 Å². The first-order valence-electron chi connectivity index (χ1n) is 7.72. The van der Waals surface area contributed by atoms with E-state index in [2.05, 4.69) is 20.5 Å². The first kappa shape index (κ1) is 17.2. The predicted octanol–water partition coefficient (Wildman–Crippen LogP) is 3.01. The molecule has 3 aromatic rings. The van der Waals surface area contributed by atoms with E-state index in [-0.39, 0.29) is 11.6 Å². The molecule has 25 heavy (non-hydrogen) atoms. The molecule has 0 aliphatic heterocycles. The first-order chi connectivity index (χ1) is 12.0. The maximum absolute atomic E-state index is 12.3. The molecule has 0 atom stereocenters. The lowest BCUT2D eigenvalue weighted by Crippen LogP contribution is -2.18. The van der Waals surface area contributed by atoms with Crippen molar-refractivity contribution in [3.05, 3.63) is 53.4 Å². The normalized spacial score (nSPS) is 11.0. The number of anilines is 1. The lowest BCUT2D eigenvalue weighted by molar-refractivity contribution is 0.101. The van der Waals surface area contributed by atoms with Crippen molar-refractivity contribution >= 4 is 23.2 Å². The van der Waals surface area contributed by atoms with Crippen molar-refractivity contribution in [2.45, 2.75) is 6.54 Å². The maximum atomic E-state index is 12.3. The van der Waals surface area contributed by atoms with Gasteiger partial charge in [-0.15, -0.1) is 0 Å². The van der Waals surface area contributed by atoms with Gasteiger partial charge in [0, 0.05) is 29.4 Å². The number of carbonyl (C=O) groups is 1. The fourth-order valence-corrected chi connectivity index (χ4v) is 2.31. The number of amides is 1. The van der Waals surface area contributed by atoms with E-state index >= 15 is 0 Å². The topological polar surface area (TPSA) is 76.2 Å². The quantitative estimate of drug-likeness (QED) is 0.732. The molecule has 0 saturated carbocycles. The van der Waals surface area contributed by atoms with Crippen LogP contribution in [0.2, 0.25) is 5.02 Å². The Morgan fingerprint density at radius 3 is 2.80 bits per heavy atom. The third-order valence-corrected chi connectivity index (χ3v) is 3.79. The van der Waals surface area contributed by atoms with E-state index in [0.717, 1.165) is 18.7 Å². The van der Waals surface area contributed by atoms with E-state index in [9.17, 15) is 4.79 Å². The molecule has 130 valence electrons. The van der Waals surface area contributed by atoms with Gasteiger partial charge in [-0.1, -0.05) is 16.8 Å². The van der Waals surface area contributed by atoms with Gasteiger partial charge < -0.3 is 14.7 Å². The fourth-order valence-electron chi connectivity index (χ4n) is 2.18. The number of carbonyl (C=O) groups excluding carboxylic acids is 1. The van der Waals surface area contributed by atoms with Crippen LogP contribution in [0.1, 0.15) is 10.5 Å². The van der Waals surface area contributed by atoms with Crippen LogP contribution in [0.5, 0.6) is 0 Å². The number of benzene rings is 1. The third kappa shape index (κ3) is 4.46. The van der Waals surface area contributed by atoms with E-state index in [1.807, 2.05) is 14.1 Å². The van der Waals surface area contributed by atoms with Crippen LogP contribution in [0.3, 0.4) is 0 Å². The van der Waals surface area contributed by atoms with Gasteiger partial charge in [-0.25, -0.2) is 0 Å². The van der Waals surface area contributed by atoms with Gasteiger partial charge in [-0.3, -0.25) is 9.48 Å². The largest absolute Gasteiger partial charge is 0.355 e. The van der Waals surface area contributed by atoms with Gasteiger partial charge in [-0.2, -0.15) is 5.10 Å². The third-order valence-electron chi connectivity index (χ3n) is 3.54. The lowest BCUT2D eigenvalue weighted by Gasteiger charge is -2.08. The smallest absolute Gasteiger partial charge is 0.277 e. The fraction of sp³-hybridized carbons (Fsp3) is 0.235. The minimum atomic E-state index is -0.351. The van der Waals surface area contributed by atoms with Crippen LogP contribution in [0.25, 0.3) is 11.3 Å². The molecule has 0 radical (unpaired) electrons. The van der Waals surface area contributed by atoms with Gasteiger partial charge in [0.25, 0.3) is 5.91 Å². The first-order valence-corrected chi connectivity index (χ1v) is 8.10. The van der Waals surface area contributed by atoms with Crippen LogP contribution in [0, 0.1) is 0 Å². The summed E-state index contributed by atoms with van der Waals surface area (Å²) < 4.78 is 7.01. The van der Waals surface area contributed by atoms with Crippen LogP contribution in [0.4, 0.5) is 5.69 Å². The van der Waals surface area contributed by atoms with Crippen LogP contribution in [-0.4, -0.2) is 46.4 Å². The molecule has 2 heterocycles. The zero-order valence-electron chi connectivity index (χ0n) is 13.9. The Kier molecular flexibility index (Phi) is 5.16. The summed E-state index contributed by atoms with van der Waals surface area (Å²) in [5, 5.41) is 11.4. The summed E-state index contributed by atoms with van der Waals surface area (Å²) >= 11 is 5.87. The van der Waals surface area contributed by atoms with Crippen molar-refractivity contribution in [1.82, 2.24) is 19.8 Å². The summed E-state index contributed by atoms with van der Waals surface area (Å²) in [6.07, 6.45) is 3.38. The number of rotatable bonds is 6. The lowest BCUT2D eigenvalue weighted by atomic mass is 10.1. The summed E-state index contributed by atoms with van der Waals surface area (Å²) in [6, 6.07) is 8.70. The molecule has 1 N–H and O–H groups in total. The van der Waals surface area contributed by atoms with E-state index in [1.54, 1.807) is 47.4 Å². The highest BCUT2D eigenvalue weighted by Crippen LogP contribution is 2.22. The Bertz CT molecular complexity index is 854. The van der Waals surface area contributed by atoms with Crippen molar-refractivity contribution in [2.24, 2.45) is 0 Å². The number of nitrogens with zero attached hydrogens (tertiary/aromatic N) is 4. The SMILES string of the molecule is CN(C)CCn1cc(NC(=O)c2cc(-c3ccc(Cl)cc3)on2)cn1. The van der Waals surface area contributed by atoms with E-state index in [0.29, 0.717) is 16.5 Å². The average Bonchev–Trinajstić information content (AvgIpc) is 3.23. The van der Waals surface area contributed by atoms with Crippen LogP contribution < -0.4 is 5.32 Å². The van der Waals surface area contributed by atoms with Gasteiger partial charge >= 0.3 is 0 Å². The second-order valence-electron chi connectivity index (χ2n) is 5.83. The van der Waals surface area contributed by atoms with E-state index in [4.69, 9.17) is 16.1 Å². The van der Waals surface area contributed by atoms with E-state index < -0.39 is 0 Å². The Morgan fingerprint density at radius 2 is 2.08 bits per heavy atom. The van der Waals surface area contributed by atoms with Gasteiger partial charge in [0.1, 0.15) is 0 Å². The molecule has 1 amide bonds. The number of nitrogens with one attached hydrogen (secondary N) is 1. The molecule has 0 aliphatic carbocycles. The highest BCUT2D eigenvalue weighted by atomic mass is 35.5. The summed E-state index contributed by atoms with van der Waals surface area (Å²) in [5.74, 6) is 0.152. The zero-order chi connectivity index (χ0) is 17.8. The molecule has 0 unspecified atom stereocenters. The van der Waals surface area contributed by atoms with Crippen LogP contribution in [0.15, 0.2) is 47.2 Å². The number of hydrogen-bond acceptors (Lipinski definition) is 5. The number of halogens is 1. The number of likely N-dealkylation sites (N-methyl/N-ethyl adjacent to an activating group) is 1. The minimum absolute atomic E-state index is 0.200. The Labute approximate surface area is 150 Å². The van der Waals surface area contributed by atoms with Crippen molar-refractivity contribution in [3.63, 3.8) is 0 Å². The maximum Gasteiger partial charge on any atom is 0.277 e. The summed E-state index contributed by atoms with van der Waals surface area (Å²) in [7, 11) is 3.99. The van der Waals surface area contributed by atoms with Gasteiger partial charge in [0.15, 0.2) is 11.5 Å². The monoisotopic (exact) mass is 359 g/mol. The predicted molar refractivity (Wildman–Crippen MR) is 95.7 cm³/mol. The van der Waals surface area contributed by atoms with Gasteiger partial charge in [0.2, 0.25) is 0 Å². The molecule has 0 fully saturated rings. The second kappa shape index (κ2) is 7.50. The summed E-state index contributed by atoms with van der Waals surface area (Å²) in [5.41, 5.74) is 1.61. The highest BCUT2D eigenvalue weighted by Gasteiger charge is 2.14. The molecule has 0 spiro atoms. The number of aromatic nitrogens is 3. The second-order valence-corrected chi connectivity index (χ2v) is 6.27.